The molecule has 3 rings (SSSR count). The number of thioether (sulfide) groups is 1. The molecule has 0 N–H and O–H groups in total. The number of benzene rings is 1. The van der Waals surface area contributed by atoms with E-state index < -0.39 is 11.7 Å². The molecule has 2 aliphatic rings. The van der Waals surface area contributed by atoms with Crippen molar-refractivity contribution < 1.29 is 22.8 Å². The summed E-state index contributed by atoms with van der Waals surface area (Å²) in [4.78, 5) is 28.2. The van der Waals surface area contributed by atoms with Crippen LogP contribution in [0.3, 0.4) is 0 Å². The number of halogens is 3. The number of piperidine rings is 1. The van der Waals surface area contributed by atoms with E-state index in [-0.39, 0.29) is 17.6 Å². The third-order valence-corrected chi connectivity index (χ3v) is 6.26. The van der Waals surface area contributed by atoms with Crippen LogP contribution in [0.5, 0.6) is 0 Å². The average Bonchev–Trinajstić information content (AvgIpc) is 2.66. The minimum atomic E-state index is -4.42. The zero-order valence-electron chi connectivity index (χ0n) is 15.8. The van der Waals surface area contributed by atoms with Gasteiger partial charge in [0, 0.05) is 31.0 Å². The maximum Gasteiger partial charge on any atom is 0.416 e. The summed E-state index contributed by atoms with van der Waals surface area (Å²) in [5, 5.41) is 0. The second-order valence-corrected chi connectivity index (χ2v) is 8.28. The van der Waals surface area contributed by atoms with Crippen molar-refractivity contribution >= 4 is 29.3 Å². The highest BCUT2D eigenvalue weighted by molar-refractivity contribution is 8.00. The number of carbonyl (C=O) groups excluding carboxylic acids is 2. The molecule has 2 heterocycles. The molecule has 1 aromatic carbocycles. The molecule has 4 nitrogen and oxygen atoms in total. The Hall–Kier alpha value is -1.70. The zero-order valence-corrected chi connectivity index (χ0v) is 16.6. The van der Waals surface area contributed by atoms with E-state index in [1.54, 1.807) is 0 Å². The first-order valence-corrected chi connectivity index (χ1v) is 10.8. The SMILES string of the molecule is O=C1CCCCN1CCCCCCN1C(=O)CSc2ccc(C(F)(F)F)cc21. The normalized spacial score (nSPS) is 17.8. The number of unbranched alkanes of at least 4 members (excludes halogenated alkanes) is 3. The van der Waals surface area contributed by atoms with Gasteiger partial charge in [-0.2, -0.15) is 13.2 Å². The highest BCUT2D eigenvalue weighted by Gasteiger charge is 2.33. The van der Waals surface area contributed by atoms with Crippen molar-refractivity contribution in [1.82, 2.24) is 4.90 Å². The summed E-state index contributed by atoms with van der Waals surface area (Å²) in [7, 11) is 0. The number of carbonyl (C=O) groups is 2. The molecule has 2 amide bonds. The molecule has 0 unspecified atom stereocenters. The number of amides is 2. The summed E-state index contributed by atoms with van der Waals surface area (Å²) in [5.41, 5.74) is -0.354. The molecule has 0 saturated carbocycles. The summed E-state index contributed by atoms with van der Waals surface area (Å²) in [5.74, 6) is 0.352. The molecular weight excluding hydrogens is 389 g/mol. The van der Waals surface area contributed by atoms with Crippen LogP contribution in [0.1, 0.15) is 50.5 Å². The molecular formula is C20H25F3N2O2S. The first-order valence-electron chi connectivity index (χ1n) is 9.78. The van der Waals surface area contributed by atoms with Gasteiger partial charge in [-0.1, -0.05) is 12.8 Å². The summed E-state index contributed by atoms with van der Waals surface area (Å²) in [6, 6.07) is 3.61. The van der Waals surface area contributed by atoms with Crippen LogP contribution in [0.25, 0.3) is 0 Å². The van der Waals surface area contributed by atoms with Crippen molar-refractivity contribution in [3.8, 4) is 0 Å². The molecule has 1 saturated heterocycles. The second-order valence-electron chi connectivity index (χ2n) is 7.27. The molecule has 154 valence electrons. The Balaban J connectivity index is 1.49. The molecule has 0 spiro atoms. The van der Waals surface area contributed by atoms with Gasteiger partial charge in [-0.15, -0.1) is 11.8 Å². The number of hydrogen-bond donors (Lipinski definition) is 0. The lowest BCUT2D eigenvalue weighted by Gasteiger charge is -2.30. The summed E-state index contributed by atoms with van der Waals surface area (Å²) < 4.78 is 39.0. The van der Waals surface area contributed by atoms with Crippen molar-refractivity contribution in [2.45, 2.75) is 56.0 Å². The second kappa shape index (κ2) is 9.20. The summed E-state index contributed by atoms with van der Waals surface area (Å²) in [6.45, 7) is 2.04. The Labute approximate surface area is 167 Å². The number of alkyl halides is 3. The summed E-state index contributed by atoms with van der Waals surface area (Å²) >= 11 is 1.29. The van der Waals surface area contributed by atoms with Crippen molar-refractivity contribution in [3.63, 3.8) is 0 Å². The highest BCUT2D eigenvalue weighted by Crippen LogP contribution is 2.40. The van der Waals surface area contributed by atoms with E-state index in [4.69, 9.17) is 0 Å². The van der Waals surface area contributed by atoms with Gasteiger partial charge in [0.2, 0.25) is 11.8 Å². The highest BCUT2D eigenvalue weighted by atomic mass is 32.2. The third kappa shape index (κ3) is 5.21. The lowest BCUT2D eigenvalue weighted by Crippen LogP contribution is -2.36. The van der Waals surface area contributed by atoms with Crippen LogP contribution in [0.2, 0.25) is 0 Å². The van der Waals surface area contributed by atoms with E-state index in [1.165, 1.54) is 22.7 Å². The van der Waals surface area contributed by atoms with E-state index in [9.17, 15) is 22.8 Å². The Bertz CT molecular complexity index is 724. The van der Waals surface area contributed by atoms with Gasteiger partial charge in [0.1, 0.15) is 0 Å². The molecule has 8 heteroatoms. The van der Waals surface area contributed by atoms with Crippen LogP contribution in [0.15, 0.2) is 23.1 Å². The smallest absolute Gasteiger partial charge is 0.343 e. The zero-order chi connectivity index (χ0) is 20.1. The number of likely N-dealkylation sites (tertiary alicyclic amines) is 1. The lowest BCUT2D eigenvalue weighted by molar-refractivity contribution is -0.137. The van der Waals surface area contributed by atoms with Crippen molar-refractivity contribution in [3.05, 3.63) is 23.8 Å². The fourth-order valence-electron chi connectivity index (χ4n) is 3.65. The third-order valence-electron chi connectivity index (χ3n) is 5.21. The minimum absolute atomic E-state index is 0.143. The van der Waals surface area contributed by atoms with Crippen LogP contribution in [-0.2, 0) is 15.8 Å². The monoisotopic (exact) mass is 414 g/mol. The molecule has 1 fully saturated rings. The predicted molar refractivity (Wildman–Crippen MR) is 103 cm³/mol. The van der Waals surface area contributed by atoms with Crippen molar-refractivity contribution in [2.75, 3.05) is 30.3 Å². The number of nitrogens with zero attached hydrogens (tertiary/aromatic N) is 2. The first-order chi connectivity index (χ1) is 13.4. The van der Waals surface area contributed by atoms with Gasteiger partial charge in [-0.25, -0.2) is 0 Å². The molecule has 28 heavy (non-hydrogen) atoms. The molecule has 2 aliphatic heterocycles. The van der Waals surface area contributed by atoms with E-state index in [0.717, 1.165) is 68.6 Å². The van der Waals surface area contributed by atoms with Gasteiger partial charge in [0.15, 0.2) is 0 Å². The predicted octanol–water partition coefficient (Wildman–Crippen LogP) is 4.72. The van der Waals surface area contributed by atoms with Crippen molar-refractivity contribution in [1.29, 1.82) is 0 Å². The molecule has 1 aromatic rings. The van der Waals surface area contributed by atoms with Gasteiger partial charge in [0.25, 0.3) is 0 Å². The number of anilines is 1. The fourth-order valence-corrected chi connectivity index (χ4v) is 4.56. The van der Waals surface area contributed by atoms with Crippen LogP contribution in [0.4, 0.5) is 18.9 Å². The fraction of sp³-hybridized carbons (Fsp3) is 0.600. The van der Waals surface area contributed by atoms with Crippen LogP contribution in [0, 0.1) is 0 Å². The van der Waals surface area contributed by atoms with Gasteiger partial charge in [-0.3, -0.25) is 9.59 Å². The number of fused-ring (bicyclic) bond motifs is 1. The Morgan fingerprint density at radius 2 is 1.71 bits per heavy atom. The quantitative estimate of drug-likeness (QED) is 0.607. The number of hydrogen-bond acceptors (Lipinski definition) is 3. The minimum Gasteiger partial charge on any atom is -0.343 e. The maximum absolute atomic E-state index is 13.0. The Morgan fingerprint density at radius 1 is 0.964 bits per heavy atom. The van der Waals surface area contributed by atoms with E-state index in [0.29, 0.717) is 18.7 Å². The largest absolute Gasteiger partial charge is 0.416 e. The topological polar surface area (TPSA) is 40.6 Å². The molecule has 0 radical (unpaired) electrons. The van der Waals surface area contributed by atoms with Gasteiger partial charge in [0.05, 0.1) is 17.0 Å². The van der Waals surface area contributed by atoms with E-state index in [2.05, 4.69) is 0 Å². The molecule has 0 bridgehead atoms. The Morgan fingerprint density at radius 3 is 2.43 bits per heavy atom. The molecule has 0 aromatic heterocycles. The van der Waals surface area contributed by atoms with Gasteiger partial charge in [-0.05, 0) is 43.9 Å². The lowest BCUT2D eigenvalue weighted by atomic mass is 10.1. The van der Waals surface area contributed by atoms with Crippen molar-refractivity contribution in [2.24, 2.45) is 0 Å². The standard InChI is InChI=1S/C20H25F3N2O2S/c21-20(22,23)15-8-9-17-16(13-15)25(19(27)14-28-17)12-5-2-1-4-10-24-11-6-3-7-18(24)26/h8-9,13H,1-7,10-12,14H2. The maximum atomic E-state index is 13.0. The molecule has 0 atom stereocenters. The average molecular weight is 414 g/mol. The van der Waals surface area contributed by atoms with Crippen LogP contribution >= 0.6 is 11.8 Å². The Kier molecular flexibility index (Phi) is 6.91. The van der Waals surface area contributed by atoms with Crippen LogP contribution < -0.4 is 4.90 Å². The van der Waals surface area contributed by atoms with Gasteiger partial charge >= 0.3 is 6.18 Å². The van der Waals surface area contributed by atoms with E-state index in [1.807, 2.05) is 4.90 Å². The first kappa shape index (κ1) is 21.0. The van der Waals surface area contributed by atoms with E-state index >= 15 is 0 Å². The molecule has 0 aliphatic carbocycles. The number of rotatable bonds is 7. The van der Waals surface area contributed by atoms with Gasteiger partial charge < -0.3 is 9.80 Å². The summed E-state index contributed by atoms with van der Waals surface area (Å²) in [6.07, 6.45) is 1.76. The van der Waals surface area contributed by atoms with Crippen LogP contribution in [-0.4, -0.2) is 42.1 Å².